The number of aliphatic imine (C=N–C) groups is 1. The van der Waals surface area contributed by atoms with Gasteiger partial charge in [-0.1, -0.05) is 48.2 Å². The molecule has 0 saturated carbocycles. The Labute approximate surface area is 230 Å². The predicted molar refractivity (Wildman–Crippen MR) is 148 cm³/mol. The van der Waals surface area contributed by atoms with E-state index in [4.69, 9.17) is 4.99 Å². The Morgan fingerprint density at radius 3 is 2.21 bits per heavy atom. The van der Waals surface area contributed by atoms with Crippen LogP contribution in [0.3, 0.4) is 0 Å². The van der Waals surface area contributed by atoms with Crippen molar-refractivity contribution in [3.8, 4) is 5.69 Å². The van der Waals surface area contributed by atoms with Crippen molar-refractivity contribution in [1.29, 1.82) is 0 Å². The predicted octanol–water partition coefficient (Wildman–Crippen LogP) is 1.47. The second-order valence-electron chi connectivity index (χ2n) is 9.64. The van der Waals surface area contributed by atoms with Crippen LogP contribution in [0.25, 0.3) is 5.69 Å². The highest BCUT2D eigenvalue weighted by Gasteiger charge is 2.52. The normalized spacial score (nSPS) is 21.5. The molecule has 0 radical (unpaired) electrons. The van der Waals surface area contributed by atoms with Gasteiger partial charge in [-0.2, -0.15) is 4.68 Å². The number of guanidine groups is 1. The fraction of sp³-hybridized carbons (Fsp3) is 0.385. The van der Waals surface area contributed by atoms with Crippen molar-refractivity contribution in [1.82, 2.24) is 39.8 Å². The number of fused-ring (bicyclic) bond motifs is 1. The van der Waals surface area contributed by atoms with E-state index in [0.717, 1.165) is 37.8 Å². The highest BCUT2D eigenvalue weighted by molar-refractivity contribution is 7.99. The molecule has 3 amide bonds. The number of rotatable bonds is 6. The van der Waals surface area contributed by atoms with Crippen molar-refractivity contribution in [3.05, 3.63) is 60.7 Å². The lowest BCUT2D eigenvalue weighted by Crippen LogP contribution is -2.65. The molecule has 0 aliphatic carbocycles. The number of thioether (sulfide) groups is 1. The lowest BCUT2D eigenvalue weighted by atomic mass is 10.1. The first-order chi connectivity index (χ1) is 19.0. The van der Waals surface area contributed by atoms with E-state index in [1.54, 1.807) is 16.6 Å². The van der Waals surface area contributed by atoms with Gasteiger partial charge in [-0.05, 0) is 34.7 Å². The fourth-order valence-electron chi connectivity index (χ4n) is 5.29. The minimum absolute atomic E-state index is 0.233. The summed E-state index contributed by atoms with van der Waals surface area (Å²) < 4.78 is 1.71. The Kier molecular flexibility index (Phi) is 6.81. The molecule has 3 aromatic rings. The number of benzene rings is 2. The molecule has 2 atom stereocenters. The van der Waals surface area contributed by atoms with Crippen LogP contribution in [0, 0.1) is 0 Å². The molecule has 0 bridgehead atoms. The molecule has 12 nitrogen and oxygen atoms in total. The van der Waals surface area contributed by atoms with E-state index >= 15 is 0 Å². The van der Waals surface area contributed by atoms with Gasteiger partial charge in [-0.25, -0.2) is 9.79 Å². The number of likely N-dealkylation sites (N-methyl/N-ethyl adjacent to an activating group) is 2. The fourth-order valence-corrected chi connectivity index (χ4v) is 6.12. The quantitative estimate of drug-likeness (QED) is 0.425. The van der Waals surface area contributed by atoms with E-state index in [1.165, 1.54) is 29.4 Å². The molecule has 0 spiro atoms. The maximum Gasteiger partial charge on any atom is 0.328 e. The van der Waals surface area contributed by atoms with Crippen molar-refractivity contribution in [2.45, 2.75) is 17.4 Å². The van der Waals surface area contributed by atoms with Gasteiger partial charge in [0.1, 0.15) is 0 Å². The molecular weight excluding hydrogens is 516 g/mol. The van der Waals surface area contributed by atoms with Gasteiger partial charge in [-0.15, -0.1) is 5.10 Å². The average Bonchev–Trinajstić information content (AvgIpc) is 3.61. The summed E-state index contributed by atoms with van der Waals surface area (Å²) in [5.41, 5.74) is 2.08. The lowest BCUT2D eigenvalue weighted by molar-refractivity contribution is -0.136. The first-order valence-electron chi connectivity index (χ1n) is 12.9. The molecule has 39 heavy (non-hydrogen) atoms. The molecule has 1 aromatic heterocycles. The maximum absolute atomic E-state index is 13.4. The molecular formula is C26H30N10O2S. The van der Waals surface area contributed by atoms with Gasteiger partial charge in [0.05, 0.1) is 5.69 Å². The van der Waals surface area contributed by atoms with Crippen molar-refractivity contribution in [3.63, 3.8) is 0 Å². The van der Waals surface area contributed by atoms with Crippen molar-refractivity contribution in [2.75, 3.05) is 57.5 Å². The SMILES string of the molecule is CN1C(=O)C2C(N=C(N3CCN(c4ccccc4)CC3)N2CCSc2nnnn2-c2ccccc2)N(C)C1=O. The Morgan fingerprint density at radius 2 is 1.51 bits per heavy atom. The Morgan fingerprint density at radius 1 is 0.872 bits per heavy atom. The maximum atomic E-state index is 13.4. The molecule has 0 N–H and O–H groups in total. The Balaban J connectivity index is 1.20. The van der Waals surface area contributed by atoms with Crippen LogP contribution in [0.4, 0.5) is 10.5 Å². The highest BCUT2D eigenvalue weighted by Crippen LogP contribution is 2.30. The lowest BCUT2D eigenvalue weighted by Gasteiger charge is -2.42. The van der Waals surface area contributed by atoms with Gasteiger partial charge in [0, 0.05) is 58.3 Å². The van der Waals surface area contributed by atoms with Crippen LogP contribution in [0.1, 0.15) is 0 Å². The summed E-state index contributed by atoms with van der Waals surface area (Å²) in [6.45, 7) is 3.77. The molecule has 2 unspecified atom stereocenters. The number of piperazine rings is 1. The minimum Gasteiger partial charge on any atom is -0.368 e. The van der Waals surface area contributed by atoms with Crippen molar-refractivity contribution < 1.29 is 9.59 Å². The number of amides is 3. The molecule has 2 fully saturated rings. The second-order valence-corrected chi connectivity index (χ2v) is 10.7. The number of para-hydroxylation sites is 2. The molecule has 2 aromatic carbocycles. The van der Waals surface area contributed by atoms with Gasteiger partial charge in [0.25, 0.3) is 5.91 Å². The topological polar surface area (TPSA) is 106 Å². The zero-order valence-electron chi connectivity index (χ0n) is 21.9. The Bertz CT molecular complexity index is 1360. The summed E-state index contributed by atoms with van der Waals surface area (Å²) >= 11 is 1.52. The number of carbonyl (C=O) groups is 2. The Hall–Kier alpha value is -4.13. The van der Waals surface area contributed by atoms with E-state index in [2.05, 4.69) is 54.5 Å². The third-order valence-corrected chi connectivity index (χ3v) is 8.28. The first kappa shape index (κ1) is 25.2. The smallest absolute Gasteiger partial charge is 0.328 e. The number of tetrazole rings is 1. The van der Waals surface area contributed by atoms with E-state index < -0.39 is 12.2 Å². The summed E-state index contributed by atoms with van der Waals surface area (Å²) in [5.74, 6) is 1.17. The van der Waals surface area contributed by atoms with Crippen molar-refractivity contribution >= 4 is 35.3 Å². The molecule has 4 heterocycles. The van der Waals surface area contributed by atoms with E-state index in [9.17, 15) is 9.59 Å². The average molecular weight is 547 g/mol. The number of hydrogen-bond acceptors (Lipinski definition) is 10. The largest absolute Gasteiger partial charge is 0.368 e. The third kappa shape index (κ3) is 4.67. The molecule has 3 aliphatic heterocycles. The van der Waals surface area contributed by atoms with Gasteiger partial charge < -0.3 is 19.6 Å². The zero-order valence-corrected chi connectivity index (χ0v) is 22.7. The second kappa shape index (κ2) is 10.6. The third-order valence-electron chi connectivity index (χ3n) is 7.38. The molecule has 2 saturated heterocycles. The van der Waals surface area contributed by atoms with Crippen LogP contribution in [0.2, 0.25) is 0 Å². The number of hydrogen-bond donors (Lipinski definition) is 0. The van der Waals surface area contributed by atoms with Crippen molar-refractivity contribution in [2.24, 2.45) is 4.99 Å². The van der Waals surface area contributed by atoms with Crippen LogP contribution in [0.5, 0.6) is 0 Å². The number of carbonyl (C=O) groups excluding carboxylic acids is 2. The molecule has 6 rings (SSSR count). The van der Waals surface area contributed by atoms with Crippen LogP contribution >= 0.6 is 11.8 Å². The van der Waals surface area contributed by atoms with Gasteiger partial charge in [0.15, 0.2) is 18.2 Å². The number of nitrogens with zero attached hydrogens (tertiary/aromatic N) is 10. The number of imide groups is 1. The number of aromatic nitrogens is 4. The molecule has 13 heteroatoms. The van der Waals surface area contributed by atoms with E-state index in [1.807, 2.05) is 36.4 Å². The van der Waals surface area contributed by atoms with E-state index in [-0.39, 0.29) is 11.9 Å². The minimum atomic E-state index is -0.564. The highest BCUT2D eigenvalue weighted by atomic mass is 32.2. The molecule has 202 valence electrons. The monoisotopic (exact) mass is 546 g/mol. The van der Waals surface area contributed by atoms with Crippen LogP contribution < -0.4 is 4.90 Å². The first-order valence-corrected chi connectivity index (χ1v) is 13.9. The van der Waals surface area contributed by atoms with Gasteiger partial charge in [-0.3, -0.25) is 9.69 Å². The summed E-state index contributed by atoms with van der Waals surface area (Å²) in [6.07, 6.45) is -0.553. The summed E-state index contributed by atoms with van der Waals surface area (Å²) in [5, 5.41) is 12.9. The molecule has 3 aliphatic rings. The summed E-state index contributed by atoms with van der Waals surface area (Å²) in [6, 6.07) is 19.2. The van der Waals surface area contributed by atoms with Crippen LogP contribution in [-0.2, 0) is 4.79 Å². The summed E-state index contributed by atoms with van der Waals surface area (Å²) in [7, 11) is 3.25. The number of urea groups is 1. The number of anilines is 1. The van der Waals surface area contributed by atoms with E-state index in [0.29, 0.717) is 17.5 Å². The zero-order chi connectivity index (χ0) is 26.9. The standard InChI is InChI=1S/C26H30N10O2S/c1-31-22-21(23(37)32(2)26(31)38)35(17-18-39-25-28-29-30-36(25)20-11-7-4-8-12-20)24(27-22)34-15-13-33(14-16-34)19-9-5-3-6-10-19/h3-12,21-22H,13-18H2,1-2H3. The van der Waals surface area contributed by atoms with Gasteiger partial charge >= 0.3 is 6.03 Å². The van der Waals surface area contributed by atoms with Crippen LogP contribution in [-0.4, -0.2) is 122 Å². The van der Waals surface area contributed by atoms with Crippen LogP contribution in [0.15, 0.2) is 70.8 Å². The summed E-state index contributed by atoms with van der Waals surface area (Å²) in [4.78, 5) is 40.5. The van der Waals surface area contributed by atoms with Gasteiger partial charge in [0.2, 0.25) is 5.16 Å².